The van der Waals surface area contributed by atoms with Gasteiger partial charge in [-0.3, -0.25) is 4.68 Å². The lowest BCUT2D eigenvalue weighted by atomic mass is 9.91. The van der Waals surface area contributed by atoms with Gasteiger partial charge in [0, 0.05) is 6.54 Å². The van der Waals surface area contributed by atoms with Gasteiger partial charge < -0.3 is 5.32 Å². The van der Waals surface area contributed by atoms with Crippen LogP contribution in [0.4, 0.5) is 0 Å². The normalized spacial score (nSPS) is 13.3. The molecular formula is C13H24BrN3. The van der Waals surface area contributed by atoms with Crippen LogP contribution in [-0.4, -0.2) is 16.3 Å². The third kappa shape index (κ3) is 3.32. The van der Waals surface area contributed by atoms with E-state index >= 15 is 0 Å². The summed E-state index contributed by atoms with van der Waals surface area (Å²) in [5.41, 5.74) is 1.29. The zero-order valence-electron chi connectivity index (χ0n) is 11.3. The van der Waals surface area contributed by atoms with Gasteiger partial charge in [0.1, 0.15) is 0 Å². The van der Waals surface area contributed by atoms with Crippen LogP contribution in [0.3, 0.4) is 0 Å². The molecule has 0 fully saturated rings. The van der Waals surface area contributed by atoms with Crippen LogP contribution in [0.15, 0.2) is 10.7 Å². The van der Waals surface area contributed by atoms with Crippen molar-refractivity contribution in [3.05, 3.63) is 16.4 Å². The largest absolute Gasteiger partial charge is 0.309 e. The van der Waals surface area contributed by atoms with Gasteiger partial charge >= 0.3 is 0 Å². The van der Waals surface area contributed by atoms with Crippen molar-refractivity contribution in [3.63, 3.8) is 0 Å². The van der Waals surface area contributed by atoms with Gasteiger partial charge in [0.05, 0.1) is 22.4 Å². The van der Waals surface area contributed by atoms with Crippen molar-refractivity contribution in [1.29, 1.82) is 0 Å². The molecule has 1 N–H and O–H groups in total. The van der Waals surface area contributed by atoms with Gasteiger partial charge in [-0.25, -0.2) is 0 Å². The van der Waals surface area contributed by atoms with Crippen molar-refractivity contribution >= 4 is 15.9 Å². The molecule has 3 nitrogen and oxygen atoms in total. The molecule has 0 saturated heterocycles. The van der Waals surface area contributed by atoms with Gasteiger partial charge in [-0.05, 0) is 35.3 Å². The number of nitrogens with one attached hydrogen (secondary N) is 1. The summed E-state index contributed by atoms with van der Waals surface area (Å²) in [5.74, 6) is 0.660. The second-order valence-electron chi connectivity index (χ2n) is 4.31. The summed E-state index contributed by atoms with van der Waals surface area (Å²) in [4.78, 5) is 0. The smallest absolute Gasteiger partial charge is 0.0698 e. The Bertz CT molecular complexity index is 331. The summed E-state index contributed by atoms with van der Waals surface area (Å²) in [6, 6.07) is 0.395. The molecule has 0 amide bonds. The summed E-state index contributed by atoms with van der Waals surface area (Å²) < 4.78 is 3.22. The van der Waals surface area contributed by atoms with E-state index in [9.17, 15) is 0 Å². The molecule has 98 valence electrons. The molecular weight excluding hydrogens is 278 g/mol. The van der Waals surface area contributed by atoms with Crippen LogP contribution in [0.5, 0.6) is 0 Å². The van der Waals surface area contributed by atoms with E-state index in [1.807, 2.05) is 6.20 Å². The molecule has 0 aliphatic carbocycles. The van der Waals surface area contributed by atoms with Crippen molar-refractivity contribution in [2.24, 2.45) is 5.92 Å². The van der Waals surface area contributed by atoms with Crippen molar-refractivity contribution in [2.45, 2.75) is 53.1 Å². The van der Waals surface area contributed by atoms with Crippen LogP contribution in [0.25, 0.3) is 0 Å². The number of rotatable bonds is 7. The molecule has 0 spiro atoms. The lowest BCUT2D eigenvalue weighted by Gasteiger charge is -2.27. The lowest BCUT2D eigenvalue weighted by molar-refractivity contribution is 0.327. The fourth-order valence-corrected chi connectivity index (χ4v) is 2.94. The SMILES string of the molecule is CCNC(c1c(Br)cnn1CC)C(CC)CC. The Hall–Kier alpha value is -0.350. The van der Waals surface area contributed by atoms with Crippen molar-refractivity contribution in [3.8, 4) is 0 Å². The monoisotopic (exact) mass is 301 g/mol. The highest BCUT2D eigenvalue weighted by molar-refractivity contribution is 9.10. The summed E-state index contributed by atoms with van der Waals surface area (Å²) in [6.07, 6.45) is 4.29. The van der Waals surface area contributed by atoms with Crippen molar-refractivity contribution in [2.75, 3.05) is 6.54 Å². The van der Waals surface area contributed by atoms with Crippen LogP contribution >= 0.6 is 15.9 Å². The molecule has 1 aromatic rings. The van der Waals surface area contributed by atoms with Gasteiger partial charge in [0.25, 0.3) is 0 Å². The second-order valence-corrected chi connectivity index (χ2v) is 5.16. The molecule has 17 heavy (non-hydrogen) atoms. The van der Waals surface area contributed by atoms with Crippen molar-refractivity contribution < 1.29 is 0 Å². The average Bonchev–Trinajstić information content (AvgIpc) is 2.70. The number of nitrogens with zero attached hydrogens (tertiary/aromatic N) is 2. The Morgan fingerprint density at radius 2 is 1.94 bits per heavy atom. The third-order valence-corrected chi connectivity index (χ3v) is 3.98. The van der Waals surface area contributed by atoms with E-state index in [4.69, 9.17) is 0 Å². The standard InChI is InChI=1S/C13H24BrN3/c1-5-10(6-2)12(15-7-3)13-11(14)9-16-17(13)8-4/h9-10,12,15H,5-8H2,1-4H3. The Kier molecular flexibility index (Phi) is 6.20. The number of hydrogen-bond donors (Lipinski definition) is 1. The summed E-state index contributed by atoms with van der Waals surface area (Å²) >= 11 is 3.63. The van der Waals surface area contributed by atoms with Gasteiger partial charge in [-0.2, -0.15) is 5.10 Å². The fourth-order valence-electron chi connectivity index (χ4n) is 2.40. The number of aryl methyl sites for hydroxylation is 1. The number of hydrogen-bond acceptors (Lipinski definition) is 2. The van der Waals surface area contributed by atoms with Crippen LogP contribution in [0.1, 0.15) is 52.3 Å². The zero-order valence-corrected chi connectivity index (χ0v) is 12.9. The number of aromatic nitrogens is 2. The predicted molar refractivity (Wildman–Crippen MR) is 76.1 cm³/mol. The van der Waals surface area contributed by atoms with Crippen LogP contribution < -0.4 is 5.32 Å². The Balaban J connectivity index is 3.07. The fraction of sp³-hybridized carbons (Fsp3) is 0.769. The van der Waals surface area contributed by atoms with E-state index in [0.29, 0.717) is 12.0 Å². The summed E-state index contributed by atoms with van der Waals surface area (Å²) in [5, 5.41) is 8.03. The Labute approximate surface area is 113 Å². The molecule has 1 heterocycles. The molecule has 1 atom stereocenters. The zero-order chi connectivity index (χ0) is 12.8. The molecule has 1 rings (SSSR count). The first-order valence-corrected chi connectivity index (χ1v) is 7.43. The molecule has 4 heteroatoms. The Morgan fingerprint density at radius 1 is 1.29 bits per heavy atom. The first kappa shape index (κ1) is 14.7. The van der Waals surface area contributed by atoms with Crippen LogP contribution in [0, 0.1) is 5.92 Å². The van der Waals surface area contributed by atoms with Gasteiger partial charge in [0.15, 0.2) is 0 Å². The first-order chi connectivity index (χ1) is 8.19. The van der Waals surface area contributed by atoms with Gasteiger partial charge in [0.2, 0.25) is 0 Å². The van der Waals surface area contributed by atoms with E-state index in [0.717, 1.165) is 17.6 Å². The minimum Gasteiger partial charge on any atom is -0.309 e. The maximum absolute atomic E-state index is 4.42. The number of halogens is 1. The van der Waals surface area contributed by atoms with E-state index in [2.05, 4.69) is 58.7 Å². The minimum atomic E-state index is 0.395. The van der Waals surface area contributed by atoms with E-state index < -0.39 is 0 Å². The maximum Gasteiger partial charge on any atom is 0.0698 e. The molecule has 0 aliphatic rings. The summed E-state index contributed by atoms with van der Waals surface area (Å²) in [6.45, 7) is 10.7. The molecule has 0 aromatic carbocycles. The second kappa shape index (κ2) is 7.17. The highest BCUT2D eigenvalue weighted by atomic mass is 79.9. The summed E-state index contributed by atoms with van der Waals surface area (Å²) in [7, 11) is 0. The molecule has 1 aromatic heterocycles. The first-order valence-electron chi connectivity index (χ1n) is 6.63. The highest BCUT2D eigenvalue weighted by Gasteiger charge is 2.25. The maximum atomic E-state index is 4.42. The lowest BCUT2D eigenvalue weighted by Crippen LogP contribution is -2.30. The average molecular weight is 302 g/mol. The minimum absolute atomic E-state index is 0.395. The molecule has 1 unspecified atom stereocenters. The van der Waals surface area contributed by atoms with E-state index in [-0.39, 0.29) is 0 Å². The third-order valence-electron chi connectivity index (χ3n) is 3.37. The predicted octanol–water partition coefficient (Wildman–Crippen LogP) is 3.75. The van der Waals surface area contributed by atoms with Crippen molar-refractivity contribution in [1.82, 2.24) is 15.1 Å². The molecule has 0 radical (unpaired) electrons. The van der Waals surface area contributed by atoms with E-state index in [1.54, 1.807) is 0 Å². The molecule has 0 aliphatic heterocycles. The van der Waals surface area contributed by atoms with E-state index in [1.165, 1.54) is 18.5 Å². The van der Waals surface area contributed by atoms with Crippen LogP contribution in [0.2, 0.25) is 0 Å². The van der Waals surface area contributed by atoms with Crippen LogP contribution in [-0.2, 0) is 6.54 Å². The molecule has 0 saturated carbocycles. The van der Waals surface area contributed by atoms with Gasteiger partial charge in [-0.15, -0.1) is 0 Å². The molecule has 0 bridgehead atoms. The quantitative estimate of drug-likeness (QED) is 0.831. The topological polar surface area (TPSA) is 29.9 Å². The highest BCUT2D eigenvalue weighted by Crippen LogP contribution is 2.32. The van der Waals surface area contributed by atoms with Gasteiger partial charge in [-0.1, -0.05) is 33.6 Å². The Morgan fingerprint density at radius 3 is 2.41 bits per heavy atom.